The summed E-state index contributed by atoms with van der Waals surface area (Å²) in [5, 5.41) is 3.03. The van der Waals surface area contributed by atoms with Gasteiger partial charge in [0.1, 0.15) is 12.4 Å². The highest BCUT2D eigenvalue weighted by Crippen LogP contribution is 2.36. The molecule has 2 aromatic carbocycles. The molecule has 1 heterocycles. The summed E-state index contributed by atoms with van der Waals surface area (Å²) in [6.07, 6.45) is -2.84. The Morgan fingerprint density at radius 3 is 2.56 bits per heavy atom. The summed E-state index contributed by atoms with van der Waals surface area (Å²) < 4.78 is 44.9. The van der Waals surface area contributed by atoms with Crippen LogP contribution in [-0.2, 0) is 19.2 Å². The van der Waals surface area contributed by atoms with Crippen LogP contribution in [0.25, 0.3) is 0 Å². The Hall–Kier alpha value is -2.70. The molecule has 0 radical (unpaired) electrons. The van der Waals surface area contributed by atoms with Gasteiger partial charge in [0, 0.05) is 17.8 Å². The molecule has 1 aliphatic rings. The number of halogens is 3. The predicted molar refractivity (Wildman–Crippen MR) is 87.5 cm³/mol. The van der Waals surface area contributed by atoms with E-state index in [0.29, 0.717) is 35.5 Å². The molecule has 0 bridgehead atoms. The van der Waals surface area contributed by atoms with E-state index in [1.54, 1.807) is 12.1 Å². The maximum Gasteiger partial charge on any atom is 0.416 e. The van der Waals surface area contributed by atoms with Gasteiger partial charge in [-0.2, -0.15) is 13.2 Å². The van der Waals surface area contributed by atoms with E-state index < -0.39 is 17.6 Å². The van der Waals surface area contributed by atoms with Crippen molar-refractivity contribution in [2.45, 2.75) is 25.6 Å². The molecule has 4 nitrogen and oxygen atoms in total. The van der Waals surface area contributed by atoms with Crippen LogP contribution in [0.4, 0.5) is 18.9 Å². The topological polar surface area (TPSA) is 64.4 Å². The minimum atomic E-state index is -4.41. The molecule has 0 spiro atoms. The van der Waals surface area contributed by atoms with E-state index in [2.05, 4.69) is 5.32 Å². The van der Waals surface area contributed by atoms with Crippen LogP contribution in [0.1, 0.15) is 33.5 Å². The van der Waals surface area contributed by atoms with E-state index >= 15 is 0 Å². The zero-order valence-electron chi connectivity index (χ0n) is 13.3. The van der Waals surface area contributed by atoms with Crippen molar-refractivity contribution in [1.29, 1.82) is 0 Å². The molecule has 25 heavy (non-hydrogen) atoms. The van der Waals surface area contributed by atoms with Crippen LogP contribution in [0.3, 0.4) is 0 Å². The zero-order chi connectivity index (χ0) is 18.0. The Kier molecular flexibility index (Phi) is 4.57. The van der Waals surface area contributed by atoms with Gasteiger partial charge >= 0.3 is 6.18 Å². The third kappa shape index (κ3) is 3.87. The summed E-state index contributed by atoms with van der Waals surface area (Å²) >= 11 is 0. The number of nitrogens with one attached hydrogen (secondary N) is 1. The van der Waals surface area contributed by atoms with Gasteiger partial charge < -0.3 is 15.8 Å². The lowest BCUT2D eigenvalue weighted by Crippen LogP contribution is -2.17. The minimum absolute atomic E-state index is 0.0177. The number of alkyl halides is 3. The van der Waals surface area contributed by atoms with Gasteiger partial charge in [0.2, 0.25) is 5.91 Å². The number of nitrogens with two attached hydrogens (primary N) is 1. The first-order chi connectivity index (χ1) is 11.8. The van der Waals surface area contributed by atoms with E-state index in [-0.39, 0.29) is 6.61 Å². The van der Waals surface area contributed by atoms with Crippen LogP contribution in [-0.4, -0.2) is 12.5 Å². The number of anilines is 1. The first-order valence-corrected chi connectivity index (χ1v) is 7.84. The molecule has 3 rings (SSSR count). The molecular weight excluding hydrogens is 333 g/mol. The van der Waals surface area contributed by atoms with Gasteiger partial charge in [-0.05, 0) is 60.4 Å². The number of primary amides is 1. The van der Waals surface area contributed by atoms with Crippen molar-refractivity contribution < 1.29 is 22.7 Å². The lowest BCUT2D eigenvalue weighted by molar-refractivity contribution is -0.137. The standard InChI is InChI=1S/C18H17F3N2O2/c19-18(20,21)13-8-12(15-2-1-7-23-16(15)9-13)10-25-14-5-3-11(4-6-14)17(22)24/h3-6,8-9,23H,1-2,7,10H2,(H2,22,24). The number of benzene rings is 2. The van der Waals surface area contributed by atoms with Gasteiger partial charge in [-0.15, -0.1) is 0 Å². The summed E-state index contributed by atoms with van der Waals surface area (Å²) in [4.78, 5) is 11.1. The third-order valence-electron chi connectivity index (χ3n) is 4.12. The fraction of sp³-hybridized carbons (Fsp3) is 0.278. The molecule has 0 aliphatic carbocycles. The smallest absolute Gasteiger partial charge is 0.416 e. The molecule has 7 heteroatoms. The predicted octanol–water partition coefficient (Wildman–Crippen LogP) is 3.74. The monoisotopic (exact) mass is 350 g/mol. The zero-order valence-corrected chi connectivity index (χ0v) is 13.3. The highest BCUT2D eigenvalue weighted by molar-refractivity contribution is 5.92. The quantitative estimate of drug-likeness (QED) is 0.883. The number of amides is 1. The Labute approximate surface area is 142 Å². The Balaban J connectivity index is 1.84. The van der Waals surface area contributed by atoms with Crippen molar-refractivity contribution in [3.63, 3.8) is 0 Å². The molecule has 0 unspecified atom stereocenters. The van der Waals surface area contributed by atoms with E-state index in [1.165, 1.54) is 12.1 Å². The van der Waals surface area contributed by atoms with Gasteiger partial charge in [-0.25, -0.2) is 0 Å². The summed E-state index contributed by atoms with van der Waals surface area (Å²) in [7, 11) is 0. The SMILES string of the molecule is NC(=O)c1ccc(OCc2cc(C(F)(F)F)cc3c2CCCN3)cc1. The van der Waals surface area contributed by atoms with Crippen LogP contribution in [0.15, 0.2) is 36.4 Å². The molecule has 0 fully saturated rings. The Morgan fingerprint density at radius 1 is 1.20 bits per heavy atom. The van der Waals surface area contributed by atoms with Gasteiger partial charge in [-0.1, -0.05) is 0 Å². The number of hydrogen-bond donors (Lipinski definition) is 2. The van der Waals surface area contributed by atoms with Gasteiger partial charge in [0.25, 0.3) is 0 Å². The van der Waals surface area contributed by atoms with Crippen LogP contribution >= 0.6 is 0 Å². The number of fused-ring (bicyclic) bond motifs is 1. The molecule has 132 valence electrons. The fourth-order valence-electron chi connectivity index (χ4n) is 2.84. The maximum atomic E-state index is 13.1. The number of hydrogen-bond acceptors (Lipinski definition) is 3. The Morgan fingerprint density at radius 2 is 1.92 bits per heavy atom. The number of ether oxygens (including phenoxy) is 1. The van der Waals surface area contributed by atoms with Crippen molar-refractivity contribution in [1.82, 2.24) is 0 Å². The summed E-state index contributed by atoms with van der Waals surface area (Å²) in [6, 6.07) is 8.46. The average molecular weight is 350 g/mol. The first-order valence-electron chi connectivity index (χ1n) is 7.84. The number of rotatable bonds is 4. The fourth-order valence-corrected chi connectivity index (χ4v) is 2.84. The average Bonchev–Trinajstić information content (AvgIpc) is 2.59. The van der Waals surface area contributed by atoms with E-state index in [4.69, 9.17) is 10.5 Å². The van der Waals surface area contributed by atoms with E-state index in [9.17, 15) is 18.0 Å². The summed E-state index contributed by atoms with van der Waals surface area (Å²) in [5.41, 5.74) is 6.70. The lowest BCUT2D eigenvalue weighted by atomic mass is 9.95. The minimum Gasteiger partial charge on any atom is -0.489 e. The number of carbonyl (C=O) groups is 1. The van der Waals surface area contributed by atoms with Crippen molar-refractivity contribution in [2.24, 2.45) is 5.73 Å². The maximum absolute atomic E-state index is 13.1. The van der Waals surface area contributed by atoms with Crippen LogP contribution in [0.2, 0.25) is 0 Å². The molecular formula is C18H17F3N2O2. The molecule has 0 saturated heterocycles. The molecule has 0 saturated carbocycles. The molecule has 0 aromatic heterocycles. The van der Waals surface area contributed by atoms with Crippen LogP contribution < -0.4 is 15.8 Å². The van der Waals surface area contributed by atoms with Gasteiger partial charge in [0.05, 0.1) is 5.56 Å². The van der Waals surface area contributed by atoms with Crippen LogP contribution in [0, 0.1) is 0 Å². The van der Waals surface area contributed by atoms with Gasteiger partial charge in [0.15, 0.2) is 0 Å². The highest BCUT2D eigenvalue weighted by Gasteiger charge is 2.32. The number of carbonyl (C=O) groups excluding carboxylic acids is 1. The highest BCUT2D eigenvalue weighted by atomic mass is 19.4. The molecule has 1 amide bonds. The second kappa shape index (κ2) is 6.66. The largest absolute Gasteiger partial charge is 0.489 e. The van der Waals surface area contributed by atoms with E-state index in [0.717, 1.165) is 24.1 Å². The second-order valence-corrected chi connectivity index (χ2v) is 5.87. The van der Waals surface area contributed by atoms with Crippen molar-refractivity contribution >= 4 is 11.6 Å². The van der Waals surface area contributed by atoms with Crippen molar-refractivity contribution in [2.75, 3.05) is 11.9 Å². The normalized spacial score (nSPS) is 13.7. The first kappa shape index (κ1) is 17.1. The van der Waals surface area contributed by atoms with Gasteiger partial charge in [-0.3, -0.25) is 4.79 Å². The Bertz CT molecular complexity index is 786. The van der Waals surface area contributed by atoms with Crippen molar-refractivity contribution in [3.8, 4) is 5.75 Å². The molecule has 0 atom stereocenters. The molecule has 2 aromatic rings. The van der Waals surface area contributed by atoms with Crippen LogP contribution in [0.5, 0.6) is 5.75 Å². The van der Waals surface area contributed by atoms with E-state index in [1.807, 2.05) is 0 Å². The lowest BCUT2D eigenvalue weighted by Gasteiger charge is -2.23. The third-order valence-corrected chi connectivity index (χ3v) is 4.12. The van der Waals surface area contributed by atoms with Crippen molar-refractivity contribution in [3.05, 3.63) is 58.7 Å². The summed E-state index contributed by atoms with van der Waals surface area (Å²) in [5.74, 6) is -0.0931. The molecule has 1 aliphatic heterocycles. The second-order valence-electron chi connectivity index (χ2n) is 5.87. The molecule has 3 N–H and O–H groups in total. The summed E-state index contributed by atoms with van der Waals surface area (Å²) in [6.45, 7) is 0.674.